The molecule has 0 unspecified atom stereocenters. The molecule has 13 heavy (non-hydrogen) atoms. The van der Waals surface area contributed by atoms with Gasteiger partial charge in [0.15, 0.2) is 0 Å². The number of hydrogen-bond acceptors (Lipinski definition) is 1. The van der Waals surface area contributed by atoms with Crippen molar-refractivity contribution >= 4 is 28.9 Å². The van der Waals surface area contributed by atoms with Crippen LogP contribution >= 0.6 is 23.2 Å². The lowest BCUT2D eigenvalue weighted by atomic mass is 10.1. The Morgan fingerprint density at radius 1 is 1.46 bits per heavy atom. The molecule has 1 N–H and O–H groups in total. The van der Waals surface area contributed by atoms with Crippen molar-refractivity contribution < 1.29 is 0 Å². The van der Waals surface area contributed by atoms with Crippen molar-refractivity contribution in [2.75, 3.05) is 12.4 Å². The van der Waals surface area contributed by atoms with Gasteiger partial charge in [-0.2, -0.15) is 0 Å². The van der Waals surface area contributed by atoms with Crippen LogP contribution in [0.3, 0.4) is 0 Å². The molecule has 1 rings (SSSR count). The fraction of sp³-hybridized carbons (Fsp3) is 0.200. The van der Waals surface area contributed by atoms with Crippen molar-refractivity contribution in [3.63, 3.8) is 0 Å². The molecule has 0 saturated heterocycles. The van der Waals surface area contributed by atoms with Gasteiger partial charge in [-0.25, -0.2) is 0 Å². The van der Waals surface area contributed by atoms with Gasteiger partial charge in [0.2, 0.25) is 0 Å². The van der Waals surface area contributed by atoms with Gasteiger partial charge in [0.05, 0.1) is 15.7 Å². The number of hydrogen-bond donors (Lipinski definition) is 1. The number of nitrogens with one attached hydrogen (secondary N) is 1. The first-order valence-electron chi connectivity index (χ1n) is 3.96. The summed E-state index contributed by atoms with van der Waals surface area (Å²) >= 11 is 11.9. The zero-order valence-electron chi connectivity index (χ0n) is 7.40. The smallest absolute Gasteiger partial charge is 0.0826 e. The predicted molar refractivity (Wildman–Crippen MR) is 59.9 cm³/mol. The highest BCUT2D eigenvalue weighted by atomic mass is 35.5. The largest absolute Gasteiger partial charge is 0.387 e. The van der Waals surface area contributed by atoms with E-state index in [0.717, 1.165) is 17.7 Å². The van der Waals surface area contributed by atoms with Gasteiger partial charge in [-0.05, 0) is 18.1 Å². The first-order valence-corrected chi connectivity index (χ1v) is 4.71. The van der Waals surface area contributed by atoms with Gasteiger partial charge in [0.1, 0.15) is 0 Å². The zero-order chi connectivity index (χ0) is 9.84. The SMILES string of the molecule is C=CCc1ccc(Cl)c(Cl)c1NC. The summed E-state index contributed by atoms with van der Waals surface area (Å²) in [7, 11) is 1.82. The first kappa shape index (κ1) is 10.4. The lowest BCUT2D eigenvalue weighted by molar-refractivity contribution is 1.26. The van der Waals surface area contributed by atoms with E-state index >= 15 is 0 Å². The van der Waals surface area contributed by atoms with E-state index in [4.69, 9.17) is 23.2 Å². The lowest BCUT2D eigenvalue weighted by Crippen LogP contribution is -1.95. The van der Waals surface area contributed by atoms with Crippen molar-refractivity contribution in [3.05, 3.63) is 40.4 Å². The van der Waals surface area contributed by atoms with Crippen molar-refractivity contribution in [1.29, 1.82) is 0 Å². The molecule has 0 amide bonds. The summed E-state index contributed by atoms with van der Waals surface area (Å²) < 4.78 is 0. The summed E-state index contributed by atoms with van der Waals surface area (Å²) in [5.74, 6) is 0. The van der Waals surface area contributed by atoms with Gasteiger partial charge in [0, 0.05) is 7.05 Å². The van der Waals surface area contributed by atoms with Crippen molar-refractivity contribution in [2.24, 2.45) is 0 Å². The third-order valence-corrected chi connectivity index (χ3v) is 2.60. The van der Waals surface area contributed by atoms with Crippen LogP contribution in [0, 0.1) is 0 Å². The van der Waals surface area contributed by atoms with Gasteiger partial charge < -0.3 is 5.32 Å². The maximum Gasteiger partial charge on any atom is 0.0826 e. The number of rotatable bonds is 3. The normalized spacial score (nSPS) is 9.77. The molecule has 70 valence electrons. The highest BCUT2D eigenvalue weighted by molar-refractivity contribution is 6.43. The van der Waals surface area contributed by atoms with E-state index in [1.54, 1.807) is 6.07 Å². The Morgan fingerprint density at radius 3 is 2.69 bits per heavy atom. The third-order valence-electron chi connectivity index (χ3n) is 1.80. The van der Waals surface area contributed by atoms with E-state index in [2.05, 4.69) is 11.9 Å². The lowest BCUT2D eigenvalue weighted by Gasteiger charge is -2.10. The molecule has 0 aliphatic carbocycles. The van der Waals surface area contributed by atoms with E-state index in [1.807, 2.05) is 19.2 Å². The van der Waals surface area contributed by atoms with Crippen LogP contribution in [0.25, 0.3) is 0 Å². The third kappa shape index (κ3) is 2.17. The molecule has 0 fully saturated rings. The fourth-order valence-corrected chi connectivity index (χ4v) is 1.62. The van der Waals surface area contributed by atoms with Crippen molar-refractivity contribution in [2.45, 2.75) is 6.42 Å². The van der Waals surface area contributed by atoms with Gasteiger partial charge in [-0.1, -0.05) is 35.3 Å². The molecular weight excluding hydrogens is 205 g/mol. The van der Waals surface area contributed by atoms with E-state index in [-0.39, 0.29) is 0 Å². The fourth-order valence-electron chi connectivity index (χ4n) is 1.19. The molecule has 1 aromatic carbocycles. The topological polar surface area (TPSA) is 12.0 Å². The van der Waals surface area contributed by atoms with E-state index in [1.165, 1.54) is 0 Å². The maximum atomic E-state index is 6.01. The second-order valence-corrected chi connectivity index (χ2v) is 3.42. The molecule has 0 aromatic heterocycles. The van der Waals surface area contributed by atoms with Crippen LogP contribution in [-0.2, 0) is 6.42 Å². The Labute approximate surface area is 88.4 Å². The second kappa shape index (κ2) is 4.54. The monoisotopic (exact) mass is 215 g/mol. The first-order chi connectivity index (χ1) is 6.20. The summed E-state index contributed by atoms with van der Waals surface area (Å²) in [6.45, 7) is 3.68. The van der Waals surface area contributed by atoms with E-state index in [0.29, 0.717) is 10.0 Å². The highest BCUT2D eigenvalue weighted by Crippen LogP contribution is 2.33. The Balaban J connectivity index is 3.20. The van der Waals surface area contributed by atoms with Crippen LogP contribution in [0.5, 0.6) is 0 Å². The van der Waals surface area contributed by atoms with Crippen LogP contribution in [0.2, 0.25) is 10.0 Å². The standard InChI is InChI=1S/C10H11Cl2N/c1-3-4-7-5-6-8(11)9(12)10(7)13-2/h3,5-6,13H,1,4H2,2H3. The molecule has 0 saturated carbocycles. The minimum atomic E-state index is 0.568. The molecule has 3 heteroatoms. The molecule has 1 nitrogen and oxygen atoms in total. The van der Waals surface area contributed by atoms with Crippen molar-refractivity contribution in [3.8, 4) is 0 Å². The van der Waals surface area contributed by atoms with Crippen LogP contribution in [-0.4, -0.2) is 7.05 Å². The highest BCUT2D eigenvalue weighted by Gasteiger charge is 2.07. The Bertz CT molecular complexity index is 321. The van der Waals surface area contributed by atoms with E-state index in [9.17, 15) is 0 Å². The molecule has 0 bridgehead atoms. The Morgan fingerprint density at radius 2 is 2.15 bits per heavy atom. The average molecular weight is 216 g/mol. The summed E-state index contributed by atoms with van der Waals surface area (Å²) in [6, 6.07) is 3.74. The summed E-state index contributed by atoms with van der Waals surface area (Å²) in [6.07, 6.45) is 2.62. The molecule has 0 atom stereocenters. The minimum Gasteiger partial charge on any atom is -0.387 e. The summed E-state index contributed by atoms with van der Waals surface area (Å²) in [5.41, 5.74) is 1.99. The Hall–Kier alpha value is -0.660. The second-order valence-electron chi connectivity index (χ2n) is 2.64. The van der Waals surface area contributed by atoms with E-state index < -0.39 is 0 Å². The van der Waals surface area contributed by atoms with Crippen molar-refractivity contribution in [1.82, 2.24) is 0 Å². The summed E-state index contributed by atoms with van der Waals surface area (Å²) in [4.78, 5) is 0. The summed E-state index contributed by atoms with van der Waals surface area (Å²) in [5, 5.41) is 4.17. The molecular formula is C10H11Cl2N. The molecule has 0 radical (unpaired) electrons. The van der Waals surface area contributed by atoms with Gasteiger partial charge >= 0.3 is 0 Å². The van der Waals surface area contributed by atoms with Gasteiger partial charge in [0.25, 0.3) is 0 Å². The quantitative estimate of drug-likeness (QED) is 0.758. The maximum absolute atomic E-state index is 6.01. The predicted octanol–water partition coefficient (Wildman–Crippen LogP) is 3.76. The number of halogens is 2. The minimum absolute atomic E-state index is 0.568. The van der Waals surface area contributed by atoms with Crippen LogP contribution < -0.4 is 5.32 Å². The van der Waals surface area contributed by atoms with Crippen LogP contribution in [0.4, 0.5) is 5.69 Å². The van der Waals surface area contributed by atoms with Crippen LogP contribution in [0.1, 0.15) is 5.56 Å². The Kier molecular flexibility index (Phi) is 3.64. The number of benzene rings is 1. The molecule has 1 aromatic rings. The molecule has 0 aliphatic rings. The zero-order valence-corrected chi connectivity index (χ0v) is 8.91. The van der Waals surface area contributed by atoms with Crippen LogP contribution in [0.15, 0.2) is 24.8 Å². The molecule has 0 heterocycles. The molecule has 0 spiro atoms. The van der Waals surface area contributed by atoms with Gasteiger partial charge in [-0.3, -0.25) is 0 Å². The number of allylic oxidation sites excluding steroid dienone is 1. The van der Waals surface area contributed by atoms with Gasteiger partial charge in [-0.15, -0.1) is 6.58 Å². The average Bonchev–Trinajstić information content (AvgIpc) is 2.12. The molecule has 0 aliphatic heterocycles. The number of anilines is 1.